The molecule has 1 heterocycles. The molecule has 8 heteroatoms. The van der Waals surface area contributed by atoms with Crippen molar-refractivity contribution >= 4 is 46.3 Å². The first-order valence-electron chi connectivity index (χ1n) is 6.02. The molecule has 0 N–H and O–H groups in total. The Kier molecular flexibility index (Phi) is 4.34. The number of rotatable bonds is 3. The van der Waals surface area contributed by atoms with Crippen molar-refractivity contribution in [3.8, 4) is 0 Å². The van der Waals surface area contributed by atoms with Crippen LogP contribution in [0.2, 0.25) is 5.02 Å². The molecule has 0 radical (unpaired) electrons. The van der Waals surface area contributed by atoms with Crippen LogP contribution in [0.5, 0.6) is 0 Å². The molecule has 1 aromatic rings. The normalized spacial score (nSPS) is 17.1. The zero-order valence-electron chi connectivity index (χ0n) is 11.2. The third kappa shape index (κ3) is 3.08. The van der Waals surface area contributed by atoms with E-state index in [0.29, 0.717) is 5.56 Å². The zero-order chi connectivity index (χ0) is 15.7. The van der Waals surface area contributed by atoms with Gasteiger partial charge < -0.3 is 0 Å². The zero-order valence-corrected chi connectivity index (χ0v) is 12.8. The third-order valence-corrected chi connectivity index (χ3v) is 4.01. The van der Waals surface area contributed by atoms with Gasteiger partial charge in [-0.25, -0.2) is 0 Å². The van der Waals surface area contributed by atoms with Crippen LogP contribution in [0.15, 0.2) is 23.1 Å². The van der Waals surface area contributed by atoms with Crippen LogP contribution in [0.4, 0.5) is 10.5 Å². The SMILES string of the molecule is CC(C)N1C(=O)S/C(=C/c2ccc(Cl)c([N+](=O)[O-])c2)C1=O. The summed E-state index contributed by atoms with van der Waals surface area (Å²) in [5.41, 5.74) is 0.203. The molecule has 1 aliphatic heterocycles. The number of nitro groups is 1. The molecular weight excluding hydrogens is 316 g/mol. The number of nitrogens with zero attached hydrogens (tertiary/aromatic N) is 2. The predicted octanol–water partition coefficient (Wildman–Crippen LogP) is 3.69. The molecule has 21 heavy (non-hydrogen) atoms. The number of benzene rings is 1. The van der Waals surface area contributed by atoms with Gasteiger partial charge in [0, 0.05) is 12.1 Å². The highest BCUT2D eigenvalue weighted by Crippen LogP contribution is 2.34. The number of nitro benzene ring substituents is 1. The molecule has 1 aromatic carbocycles. The van der Waals surface area contributed by atoms with Gasteiger partial charge in [-0.05, 0) is 43.3 Å². The Morgan fingerprint density at radius 3 is 2.57 bits per heavy atom. The number of imide groups is 1. The molecular formula is C13H11ClN2O4S. The largest absolute Gasteiger partial charge is 0.293 e. The van der Waals surface area contributed by atoms with E-state index >= 15 is 0 Å². The summed E-state index contributed by atoms with van der Waals surface area (Å²) in [6.45, 7) is 3.48. The monoisotopic (exact) mass is 326 g/mol. The quantitative estimate of drug-likeness (QED) is 0.480. The summed E-state index contributed by atoms with van der Waals surface area (Å²) in [7, 11) is 0. The Morgan fingerprint density at radius 2 is 2.05 bits per heavy atom. The fourth-order valence-electron chi connectivity index (χ4n) is 1.84. The van der Waals surface area contributed by atoms with Crippen molar-refractivity contribution < 1.29 is 14.5 Å². The van der Waals surface area contributed by atoms with Crippen LogP contribution in [-0.4, -0.2) is 27.0 Å². The lowest BCUT2D eigenvalue weighted by Gasteiger charge is -2.16. The van der Waals surface area contributed by atoms with Gasteiger partial charge in [-0.15, -0.1) is 0 Å². The van der Waals surface area contributed by atoms with Crippen LogP contribution >= 0.6 is 23.4 Å². The van der Waals surface area contributed by atoms with Crippen LogP contribution in [0.25, 0.3) is 6.08 Å². The van der Waals surface area contributed by atoms with E-state index in [4.69, 9.17) is 11.6 Å². The molecule has 0 aromatic heterocycles. The summed E-state index contributed by atoms with van der Waals surface area (Å²) >= 11 is 6.55. The molecule has 0 saturated carbocycles. The van der Waals surface area contributed by atoms with Gasteiger partial charge in [0.2, 0.25) is 0 Å². The maximum Gasteiger partial charge on any atom is 0.293 e. The van der Waals surface area contributed by atoms with E-state index in [1.165, 1.54) is 18.2 Å². The molecule has 1 aliphatic rings. The minimum Gasteiger partial charge on any atom is -0.268 e. The smallest absolute Gasteiger partial charge is 0.268 e. The summed E-state index contributed by atoms with van der Waals surface area (Å²) in [6, 6.07) is 3.98. The summed E-state index contributed by atoms with van der Waals surface area (Å²) in [5.74, 6) is -0.391. The van der Waals surface area contributed by atoms with Crippen LogP contribution in [0.3, 0.4) is 0 Å². The van der Waals surface area contributed by atoms with Crippen molar-refractivity contribution in [1.29, 1.82) is 0 Å². The van der Waals surface area contributed by atoms with E-state index in [1.807, 2.05) is 0 Å². The molecule has 0 spiro atoms. The van der Waals surface area contributed by atoms with E-state index in [9.17, 15) is 19.7 Å². The number of hydrogen-bond donors (Lipinski definition) is 0. The van der Waals surface area contributed by atoms with Crippen molar-refractivity contribution in [2.45, 2.75) is 19.9 Å². The van der Waals surface area contributed by atoms with E-state index in [0.717, 1.165) is 16.7 Å². The minimum atomic E-state index is -0.598. The number of thioether (sulfide) groups is 1. The van der Waals surface area contributed by atoms with E-state index in [2.05, 4.69) is 0 Å². The van der Waals surface area contributed by atoms with Gasteiger partial charge in [0.1, 0.15) is 5.02 Å². The molecule has 1 fully saturated rings. The lowest BCUT2D eigenvalue weighted by atomic mass is 10.2. The topological polar surface area (TPSA) is 80.5 Å². The average molecular weight is 327 g/mol. The van der Waals surface area contributed by atoms with Crippen molar-refractivity contribution in [2.24, 2.45) is 0 Å². The van der Waals surface area contributed by atoms with Gasteiger partial charge in [0.15, 0.2) is 0 Å². The predicted molar refractivity (Wildman–Crippen MR) is 81.1 cm³/mol. The molecule has 6 nitrogen and oxygen atoms in total. The molecule has 2 rings (SSSR count). The molecule has 0 aliphatic carbocycles. The Morgan fingerprint density at radius 1 is 1.38 bits per heavy atom. The third-order valence-electron chi connectivity index (χ3n) is 2.80. The van der Waals surface area contributed by atoms with Crippen molar-refractivity contribution in [3.63, 3.8) is 0 Å². The lowest BCUT2D eigenvalue weighted by Crippen LogP contribution is -2.34. The minimum absolute atomic E-state index is 0.0208. The molecule has 0 bridgehead atoms. The van der Waals surface area contributed by atoms with Crippen LogP contribution in [0, 0.1) is 10.1 Å². The average Bonchev–Trinajstić information content (AvgIpc) is 2.66. The van der Waals surface area contributed by atoms with E-state index < -0.39 is 10.8 Å². The van der Waals surface area contributed by atoms with Crippen molar-refractivity contribution in [3.05, 3.63) is 43.8 Å². The number of hydrogen-bond acceptors (Lipinski definition) is 5. The Hall–Kier alpha value is -1.86. The highest BCUT2D eigenvalue weighted by molar-refractivity contribution is 8.18. The summed E-state index contributed by atoms with van der Waals surface area (Å²) < 4.78 is 0. The Labute approximate surface area is 129 Å². The number of carbonyl (C=O) groups is 2. The molecule has 1 saturated heterocycles. The molecule has 2 amide bonds. The van der Waals surface area contributed by atoms with Gasteiger partial charge in [-0.2, -0.15) is 0 Å². The first kappa shape index (κ1) is 15.5. The van der Waals surface area contributed by atoms with Crippen molar-refractivity contribution in [2.75, 3.05) is 0 Å². The summed E-state index contributed by atoms with van der Waals surface area (Å²) in [6.07, 6.45) is 1.45. The summed E-state index contributed by atoms with van der Waals surface area (Å²) in [4.78, 5) is 35.5. The second-order valence-corrected chi connectivity index (χ2v) is 6.01. The fraction of sp³-hybridized carbons (Fsp3) is 0.231. The van der Waals surface area contributed by atoms with E-state index in [1.54, 1.807) is 19.9 Å². The highest BCUT2D eigenvalue weighted by Gasteiger charge is 2.36. The number of carbonyl (C=O) groups excluding carboxylic acids is 2. The molecule has 0 atom stereocenters. The second-order valence-electron chi connectivity index (χ2n) is 4.61. The lowest BCUT2D eigenvalue weighted by molar-refractivity contribution is -0.384. The van der Waals surface area contributed by atoms with Crippen LogP contribution < -0.4 is 0 Å². The Balaban J connectivity index is 2.37. The van der Waals surface area contributed by atoms with E-state index in [-0.39, 0.29) is 26.9 Å². The molecule has 0 unspecified atom stereocenters. The van der Waals surface area contributed by atoms with Gasteiger partial charge in [-0.1, -0.05) is 17.7 Å². The highest BCUT2D eigenvalue weighted by atomic mass is 35.5. The second kappa shape index (κ2) is 5.87. The first-order chi connectivity index (χ1) is 9.81. The van der Waals surface area contributed by atoms with Crippen LogP contribution in [0.1, 0.15) is 19.4 Å². The van der Waals surface area contributed by atoms with Crippen LogP contribution in [-0.2, 0) is 4.79 Å². The number of amides is 2. The number of halogens is 1. The Bertz CT molecular complexity index is 672. The van der Waals surface area contributed by atoms with Gasteiger partial charge >= 0.3 is 0 Å². The van der Waals surface area contributed by atoms with Gasteiger partial charge in [0.05, 0.1) is 9.83 Å². The van der Waals surface area contributed by atoms with Gasteiger partial charge in [-0.3, -0.25) is 24.6 Å². The van der Waals surface area contributed by atoms with Crippen molar-refractivity contribution in [1.82, 2.24) is 4.90 Å². The maximum absolute atomic E-state index is 12.1. The first-order valence-corrected chi connectivity index (χ1v) is 7.21. The molecule has 110 valence electrons. The fourth-order valence-corrected chi connectivity index (χ4v) is 2.98. The standard InChI is InChI=1S/C13H11ClN2O4S/c1-7(2)15-12(17)11(21-13(15)18)6-8-3-4-9(14)10(5-8)16(19)20/h3-7H,1-2H3/b11-6+. The summed E-state index contributed by atoms with van der Waals surface area (Å²) in [5, 5.41) is 10.5. The maximum atomic E-state index is 12.1. The van der Waals surface area contributed by atoms with Gasteiger partial charge in [0.25, 0.3) is 16.8 Å².